The lowest BCUT2D eigenvalue weighted by Gasteiger charge is -2.51. The second-order valence-corrected chi connectivity index (χ2v) is 19.8. The predicted molar refractivity (Wildman–Crippen MR) is 207 cm³/mol. The Bertz CT molecular complexity index is 1780. The van der Waals surface area contributed by atoms with Gasteiger partial charge in [0.05, 0.1) is 36.8 Å². The van der Waals surface area contributed by atoms with E-state index in [1.165, 1.54) is 11.1 Å². The Morgan fingerprint density at radius 3 is 2.47 bits per heavy atom. The van der Waals surface area contributed by atoms with Crippen LogP contribution >= 0.6 is 11.6 Å². The summed E-state index contributed by atoms with van der Waals surface area (Å²) in [6.07, 6.45) is 7.51. The van der Waals surface area contributed by atoms with Crippen LogP contribution in [0.1, 0.15) is 80.3 Å². The minimum absolute atomic E-state index is 0.125. The van der Waals surface area contributed by atoms with E-state index in [9.17, 15) is 13.2 Å². The molecule has 2 aromatic rings. The van der Waals surface area contributed by atoms with E-state index in [1.807, 2.05) is 25.1 Å². The fourth-order valence-electron chi connectivity index (χ4n) is 10.1. The van der Waals surface area contributed by atoms with Gasteiger partial charge in [-0.15, -0.1) is 0 Å². The number of carbonyl (C=O) groups is 1. The van der Waals surface area contributed by atoms with Crippen LogP contribution in [-0.2, 0) is 31.3 Å². The molecule has 1 saturated carbocycles. The fourth-order valence-corrected chi connectivity index (χ4v) is 11.6. The Balaban J connectivity index is 1.11. The van der Waals surface area contributed by atoms with Gasteiger partial charge in [0, 0.05) is 54.1 Å². The standard InChI is InChI=1S/C41H57ClN4O6S/c1-26-7-5-9-35(40-50-22-33(23-51-40)45-20-32(21-45)44(3)4)34-13-10-30(34)19-46-24-41(16-6-8-28-17-31(42)12-14-36(28)41)25-52-38-15-11-29(18-37(38)46)39(47)43-53(48,49)27(26)2/h11-12,14-15,17-18,26-27,30,32-35,40H,5-10,13,16,19-25H2,1-4H3,(H,43,47)/t26-,27+,30-,33?,34+,35-,40?,41-/m0/s1. The van der Waals surface area contributed by atoms with Crippen molar-refractivity contribution in [3.63, 3.8) is 0 Å². The van der Waals surface area contributed by atoms with Crippen LogP contribution in [0.5, 0.6) is 5.75 Å². The average molecular weight is 769 g/mol. The molecule has 2 bridgehead atoms. The molecule has 6 aliphatic rings. The van der Waals surface area contributed by atoms with Crippen molar-refractivity contribution in [2.75, 3.05) is 65.0 Å². The van der Waals surface area contributed by atoms with Gasteiger partial charge in [0.1, 0.15) is 5.75 Å². The molecular formula is C41H57ClN4O6S. The van der Waals surface area contributed by atoms with Gasteiger partial charge in [0.2, 0.25) is 10.0 Å². The first-order valence-electron chi connectivity index (χ1n) is 19.9. The van der Waals surface area contributed by atoms with E-state index in [1.54, 1.807) is 13.0 Å². The van der Waals surface area contributed by atoms with E-state index < -0.39 is 21.2 Å². The smallest absolute Gasteiger partial charge is 0.264 e. The molecule has 2 aliphatic carbocycles. The van der Waals surface area contributed by atoms with Gasteiger partial charge in [0.15, 0.2) is 6.29 Å². The molecule has 1 spiro atoms. The molecular weight excluding hydrogens is 712 g/mol. The van der Waals surface area contributed by atoms with Crippen LogP contribution in [-0.4, -0.2) is 108 Å². The summed E-state index contributed by atoms with van der Waals surface area (Å²) < 4.78 is 49.5. The monoisotopic (exact) mass is 768 g/mol. The van der Waals surface area contributed by atoms with E-state index in [0.29, 0.717) is 43.3 Å². The maximum absolute atomic E-state index is 13.6. The van der Waals surface area contributed by atoms with Gasteiger partial charge in [-0.05, 0) is 125 Å². The number of hydrogen-bond donors (Lipinski definition) is 1. The first kappa shape index (κ1) is 37.5. The van der Waals surface area contributed by atoms with Crippen molar-refractivity contribution in [2.24, 2.45) is 23.7 Å². The number of carbonyl (C=O) groups excluding carboxylic acids is 1. The molecule has 0 aromatic heterocycles. The molecule has 4 aliphatic heterocycles. The number of fused-ring (bicyclic) bond motifs is 4. The van der Waals surface area contributed by atoms with E-state index >= 15 is 0 Å². The van der Waals surface area contributed by atoms with Crippen molar-refractivity contribution in [2.45, 2.75) is 94.3 Å². The van der Waals surface area contributed by atoms with Gasteiger partial charge in [0.25, 0.3) is 5.91 Å². The Hall–Kier alpha value is -2.41. The molecule has 0 unspecified atom stereocenters. The zero-order valence-corrected chi connectivity index (χ0v) is 33.3. The summed E-state index contributed by atoms with van der Waals surface area (Å²) in [6, 6.07) is 12.5. The predicted octanol–water partition coefficient (Wildman–Crippen LogP) is 5.71. The summed E-state index contributed by atoms with van der Waals surface area (Å²) in [4.78, 5) is 20.8. The molecule has 6 atom stereocenters. The highest BCUT2D eigenvalue weighted by Crippen LogP contribution is 2.49. The number of nitrogens with one attached hydrogen (secondary N) is 1. The molecule has 290 valence electrons. The number of rotatable bonds is 3. The third kappa shape index (κ3) is 7.35. The highest BCUT2D eigenvalue weighted by molar-refractivity contribution is 7.90. The quantitative estimate of drug-likeness (QED) is 0.421. The van der Waals surface area contributed by atoms with E-state index in [4.69, 9.17) is 25.8 Å². The first-order valence-corrected chi connectivity index (χ1v) is 21.8. The number of hydrogen-bond acceptors (Lipinski definition) is 9. The highest BCUT2D eigenvalue weighted by Gasteiger charge is 2.47. The van der Waals surface area contributed by atoms with Crippen molar-refractivity contribution < 1.29 is 27.4 Å². The SMILES string of the molecule is C[C@@H]1[C@@H](C)CCC[C@H](C2OCC(N3CC(N(C)C)C3)CO2)[C@@H]2CC[C@H]2CN2C[C@@]3(CCCc4cc(Cl)ccc43)COc3ccc(cc32)C(=O)NS1(=O)=O. The molecule has 53 heavy (non-hydrogen) atoms. The molecule has 2 saturated heterocycles. The lowest BCUT2D eigenvalue weighted by atomic mass is 9.64. The lowest BCUT2D eigenvalue weighted by molar-refractivity contribution is -0.248. The molecule has 1 amide bonds. The number of benzene rings is 2. The van der Waals surface area contributed by atoms with Crippen LogP contribution < -0.4 is 14.4 Å². The van der Waals surface area contributed by atoms with Gasteiger partial charge in [-0.25, -0.2) is 13.1 Å². The van der Waals surface area contributed by atoms with Gasteiger partial charge in [-0.1, -0.05) is 31.0 Å². The van der Waals surface area contributed by atoms with Gasteiger partial charge in [-0.2, -0.15) is 0 Å². The Labute approximate surface area is 320 Å². The molecule has 4 heterocycles. The van der Waals surface area contributed by atoms with Crippen molar-refractivity contribution in [1.29, 1.82) is 0 Å². The summed E-state index contributed by atoms with van der Waals surface area (Å²) in [6.45, 7) is 9.22. The minimum Gasteiger partial charge on any atom is -0.490 e. The number of halogens is 1. The zero-order chi connectivity index (χ0) is 37.1. The summed E-state index contributed by atoms with van der Waals surface area (Å²) in [7, 11) is 0.375. The molecule has 12 heteroatoms. The number of aryl methyl sites for hydroxylation is 1. The van der Waals surface area contributed by atoms with Crippen molar-refractivity contribution in [3.8, 4) is 5.75 Å². The normalized spacial score (nSPS) is 35.2. The van der Waals surface area contributed by atoms with Crippen molar-refractivity contribution in [1.82, 2.24) is 14.5 Å². The largest absolute Gasteiger partial charge is 0.490 e. The first-order chi connectivity index (χ1) is 25.4. The highest BCUT2D eigenvalue weighted by atomic mass is 35.5. The molecule has 1 N–H and O–H groups in total. The van der Waals surface area contributed by atoms with Gasteiger partial charge in [-0.3, -0.25) is 9.69 Å². The average Bonchev–Trinajstić information content (AvgIpc) is 3.24. The summed E-state index contributed by atoms with van der Waals surface area (Å²) in [5.74, 6) is 1.05. The maximum Gasteiger partial charge on any atom is 0.264 e. The second-order valence-electron chi connectivity index (χ2n) is 17.3. The number of nitrogens with zero attached hydrogens (tertiary/aromatic N) is 3. The third-order valence-corrected chi connectivity index (χ3v) is 16.0. The van der Waals surface area contributed by atoms with Crippen LogP contribution in [0.15, 0.2) is 36.4 Å². The van der Waals surface area contributed by atoms with Crippen LogP contribution in [0.4, 0.5) is 5.69 Å². The van der Waals surface area contributed by atoms with Gasteiger partial charge < -0.3 is 24.0 Å². The molecule has 3 fully saturated rings. The molecule has 0 radical (unpaired) electrons. The van der Waals surface area contributed by atoms with Crippen LogP contribution in [0, 0.1) is 23.7 Å². The summed E-state index contributed by atoms with van der Waals surface area (Å²) in [5.41, 5.74) is 3.49. The van der Waals surface area contributed by atoms with E-state index in [0.717, 1.165) is 94.0 Å². The Morgan fingerprint density at radius 1 is 0.943 bits per heavy atom. The number of amides is 1. The van der Waals surface area contributed by atoms with Crippen molar-refractivity contribution >= 4 is 33.2 Å². The zero-order valence-electron chi connectivity index (χ0n) is 31.8. The van der Waals surface area contributed by atoms with E-state index in [-0.39, 0.29) is 29.6 Å². The maximum atomic E-state index is 13.6. The Morgan fingerprint density at radius 2 is 1.74 bits per heavy atom. The summed E-state index contributed by atoms with van der Waals surface area (Å²) >= 11 is 6.50. The molecule has 8 rings (SSSR count). The fraction of sp³-hybridized carbons (Fsp3) is 0.683. The van der Waals surface area contributed by atoms with E-state index in [2.05, 4.69) is 45.6 Å². The van der Waals surface area contributed by atoms with Crippen molar-refractivity contribution in [3.05, 3.63) is 58.1 Å². The van der Waals surface area contributed by atoms with Crippen LogP contribution in [0.2, 0.25) is 5.02 Å². The number of ether oxygens (including phenoxy) is 3. The van der Waals surface area contributed by atoms with Gasteiger partial charge >= 0.3 is 0 Å². The van der Waals surface area contributed by atoms with Crippen LogP contribution in [0.25, 0.3) is 0 Å². The summed E-state index contributed by atoms with van der Waals surface area (Å²) in [5, 5.41) is 0.0301. The number of sulfonamides is 1. The lowest BCUT2D eigenvalue weighted by Crippen LogP contribution is -2.64. The third-order valence-electron chi connectivity index (χ3n) is 13.9. The second kappa shape index (κ2) is 14.9. The topological polar surface area (TPSA) is 101 Å². The molecule has 2 aromatic carbocycles. The van der Waals surface area contributed by atoms with Crippen LogP contribution in [0.3, 0.4) is 0 Å². The number of likely N-dealkylation sites (N-methyl/N-ethyl adjacent to an activating group) is 1. The Kier molecular flexibility index (Phi) is 10.6. The molecule has 10 nitrogen and oxygen atoms in total. The number of likely N-dealkylation sites (tertiary alicyclic amines) is 1. The minimum atomic E-state index is -3.91. The number of anilines is 1.